The summed E-state index contributed by atoms with van der Waals surface area (Å²) in [5.74, 6) is 1.75. The van der Waals surface area contributed by atoms with Crippen LogP contribution in [0.15, 0.2) is 0 Å². The molecule has 0 aliphatic rings. The Hall–Kier alpha value is -0.0400. The smallest absolute Gasteiger partial charge is 0.00411 e. The highest BCUT2D eigenvalue weighted by atomic mass is 14.9. The summed E-state index contributed by atoms with van der Waals surface area (Å²) in [6, 6.07) is 1.28. The fourth-order valence-corrected chi connectivity index (χ4v) is 1.85. The summed E-state index contributed by atoms with van der Waals surface area (Å²) >= 11 is 0. The molecule has 0 aromatic carbocycles. The van der Waals surface area contributed by atoms with E-state index in [1.165, 1.54) is 19.3 Å². The van der Waals surface area contributed by atoms with Gasteiger partial charge in [-0.05, 0) is 31.6 Å². The van der Waals surface area contributed by atoms with Gasteiger partial charge in [-0.3, -0.25) is 0 Å². The van der Waals surface area contributed by atoms with Crippen LogP contribution in [0.4, 0.5) is 0 Å². The van der Waals surface area contributed by atoms with Gasteiger partial charge >= 0.3 is 0 Å². The minimum atomic E-state index is 0.615. The molecule has 1 N–H and O–H groups in total. The Balaban J connectivity index is 3.60. The van der Waals surface area contributed by atoms with Gasteiger partial charge in [-0.1, -0.05) is 41.0 Å². The molecule has 3 unspecified atom stereocenters. The topological polar surface area (TPSA) is 12.0 Å². The second-order valence-corrected chi connectivity index (χ2v) is 5.16. The van der Waals surface area contributed by atoms with Crippen molar-refractivity contribution in [1.29, 1.82) is 0 Å². The summed E-state index contributed by atoms with van der Waals surface area (Å²) in [7, 11) is 0. The summed E-state index contributed by atoms with van der Waals surface area (Å²) in [5.41, 5.74) is 0. The van der Waals surface area contributed by atoms with E-state index in [4.69, 9.17) is 0 Å². The number of hydrogen-bond donors (Lipinski definition) is 1. The lowest BCUT2D eigenvalue weighted by Gasteiger charge is -2.22. The minimum absolute atomic E-state index is 0.615. The molecule has 1 nitrogen and oxygen atoms in total. The molecular weight excluding hydrogens is 170 g/mol. The SMILES string of the molecule is CCC(C)C(C)CCC(C)NC(C)C. The Labute approximate surface area is 90.7 Å². The monoisotopic (exact) mass is 199 g/mol. The van der Waals surface area contributed by atoms with Crippen molar-refractivity contribution in [2.45, 2.75) is 72.9 Å². The zero-order chi connectivity index (χ0) is 11.1. The van der Waals surface area contributed by atoms with Crippen LogP contribution < -0.4 is 5.32 Å². The van der Waals surface area contributed by atoms with E-state index >= 15 is 0 Å². The van der Waals surface area contributed by atoms with Gasteiger partial charge < -0.3 is 5.32 Å². The molecule has 0 amide bonds. The summed E-state index contributed by atoms with van der Waals surface area (Å²) in [6.45, 7) is 13.8. The quantitative estimate of drug-likeness (QED) is 0.657. The van der Waals surface area contributed by atoms with Gasteiger partial charge in [-0.15, -0.1) is 0 Å². The van der Waals surface area contributed by atoms with Gasteiger partial charge in [-0.2, -0.15) is 0 Å². The van der Waals surface area contributed by atoms with Gasteiger partial charge in [-0.25, -0.2) is 0 Å². The lowest BCUT2D eigenvalue weighted by atomic mass is 9.88. The molecule has 0 heterocycles. The molecule has 0 aromatic heterocycles. The van der Waals surface area contributed by atoms with Crippen LogP contribution in [0.5, 0.6) is 0 Å². The highest BCUT2D eigenvalue weighted by Crippen LogP contribution is 2.20. The fraction of sp³-hybridized carbons (Fsp3) is 1.00. The maximum atomic E-state index is 3.55. The third kappa shape index (κ3) is 6.42. The summed E-state index contributed by atoms with van der Waals surface area (Å²) < 4.78 is 0. The largest absolute Gasteiger partial charge is 0.312 e. The first-order valence-electron chi connectivity index (χ1n) is 6.23. The Kier molecular flexibility index (Phi) is 7.26. The fourth-order valence-electron chi connectivity index (χ4n) is 1.85. The molecule has 1 heteroatoms. The molecule has 0 saturated carbocycles. The van der Waals surface area contributed by atoms with Crippen molar-refractivity contribution in [3.63, 3.8) is 0 Å². The zero-order valence-electron chi connectivity index (χ0n) is 10.9. The van der Waals surface area contributed by atoms with E-state index in [-0.39, 0.29) is 0 Å². The molecule has 0 aliphatic carbocycles. The molecule has 14 heavy (non-hydrogen) atoms. The van der Waals surface area contributed by atoms with Crippen LogP contribution in [0.25, 0.3) is 0 Å². The number of nitrogens with one attached hydrogen (secondary N) is 1. The lowest BCUT2D eigenvalue weighted by Crippen LogP contribution is -2.32. The van der Waals surface area contributed by atoms with Crippen molar-refractivity contribution in [3.05, 3.63) is 0 Å². The predicted octanol–water partition coefficient (Wildman–Crippen LogP) is 3.84. The van der Waals surface area contributed by atoms with Gasteiger partial charge in [0.25, 0.3) is 0 Å². The van der Waals surface area contributed by atoms with Crippen LogP contribution in [-0.2, 0) is 0 Å². The summed E-state index contributed by atoms with van der Waals surface area (Å²) in [6.07, 6.45) is 3.98. The van der Waals surface area contributed by atoms with Crippen molar-refractivity contribution >= 4 is 0 Å². The Morgan fingerprint density at radius 2 is 1.43 bits per heavy atom. The van der Waals surface area contributed by atoms with E-state index in [1.54, 1.807) is 0 Å². The second-order valence-electron chi connectivity index (χ2n) is 5.16. The van der Waals surface area contributed by atoms with E-state index in [2.05, 4.69) is 46.9 Å². The van der Waals surface area contributed by atoms with Crippen molar-refractivity contribution < 1.29 is 0 Å². The Morgan fingerprint density at radius 3 is 1.86 bits per heavy atom. The average molecular weight is 199 g/mol. The normalized spacial score (nSPS) is 18.2. The van der Waals surface area contributed by atoms with Crippen LogP contribution in [0.3, 0.4) is 0 Å². The van der Waals surface area contributed by atoms with Gasteiger partial charge in [0, 0.05) is 12.1 Å². The van der Waals surface area contributed by atoms with Gasteiger partial charge in [0.05, 0.1) is 0 Å². The van der Waals surface area contributed by atoms with Gasteiger partial charge in [0.1, 0.15) is 0 Å². The van der Waals surface area contributed by atoms with E-state index in [0.29, 0.717) is 12.1 Å². The maximum absolute atomic E-state index is 3.55. The van der Waals surface area contributed by atoms with Crippen molar-refractivity contribution in [3.8, 4) is 0 Å². The molecule has 0 saturated heterocycles. The Bertz CT molecular complexity index is 131. The summed E-state index contributed by atoms with van der Waals surface area (Å²) in [5, 5.41) is 3.55. The van der Waals surface area contributed by atoms with Crippen molar-refractivity contribution in [1.82, 2.24) is 5.32 Å². The highest BCUT2D eigenvalue weighted by molar-refractivity contribution is 4.67. The zero-order valence-corrected chi connectivity index (χ0v) is 10.9. The molecule has 0 radical (unpaired) electrons. The van der Waals surface area contributed by atoms with E-state index < -0.39 is 0 Å². The van der Waals surface area contributed by atoms with Gasteiger partial charge in [0.2, 0.25) is 0 Å². The Morgan fingerprint density at radius 1 is 0.857 bits per heavy atom. The molecule has 0 aromatic rings. The number of hydrogen-bond acceptors (Lipinski definition) is 1. The third-order valence-electron chi connectivity index (χ3n) is 3.29. The molecule has 0 aliphatic heterocycles. The second kappa shape index (κ2) is 7.28. The number of rotatable bonds is 7. The van der Waals surface area contributed by atoms with Crippen LogP contribution >= 0.6 is 0 Å². The molecule has 0 spiro atoms. The lowest BCUT2D eigenvalue weighted by molar-refractivity contribution is 0.324. The third-order valence-corrected chi connectivity index (χ3v) is 3.29. The van der Waals surface area contributed by atoms with Crippen LogP contribution in [-0.4, -0.2) is 12.1 Å². The highest BCUT2D eigenvalue weighted by Gasteiger charge is 2.12. The van der Waals surface area contributed by atoms with Crippen molar-refractivity contribution in [2.75, 3.05) is 0 Å². The molecule has 86 valence electrons. The molecule has 0 rings (SSSR count). The van der Waals surface area contributed by atoms with E-state index in [9.17, 15) is 0 Å². The molecule has 0 bridgehead atoms. The van der Waals surface area contributed by atoms with Crippen LogP contribution in [0, 0.1) is 11.8 Å². The van der Waals surface area contributed by atoms with E-state index in [0.717, 1.165) is 11.8 Å². The predicted molar refractivity (Wildman–Crippen MR) is 65.6 cm³/mol. The summed E-state index contributed by atoms with van der Waals surface area (Å²) in [4.78, 5) is 0. The van der Waals surface area contributed by atoms with Crippen LogP contribution in [0.1, 0.15) is 60.8 Å². The maximum Gasteiger partial charge on any atom is 0.00411 e. The van der Waals surface area contributed by atoms with E-state index in [1.807, 2.05) is 0 Å². The average Bonchev–Trinajstić information content (AvgIpc) is 2.11. The van der Waals surface area contributed by atoms with Gasteiger partial charge in [0.15, 0.2) is 0 Å². The first kappa shape index (κ1) is 14.0. The van der Waals surface area contributed by atoms with Crippen LogP contribution in [0.2, 0.25) is 0 Å². The molecule has 3 atom stereocenters. The first-order chi connectivity index (χ1) is 6.47. The minimum Gasteiger partial charge on any atom is -0.312 e. The molecular formula is C13H29N. The first-order valence-corrected chi connectivity index (χ1v) is 6.23. The van der Waals surface area contributed by atoms with Crippen molar-refractivity contribution in [2.24, 2.45) is 11.8 Å². The molecule has 0 fully saturated rings. The standard InChI is InChI=1S/C13H29N/c1-7-11(4)12(5)8-9-13(6)14-10(2)3/h10-14H,7-9H2,1-6H3.